The minimum atomic E-state index is -1.01. The Morgan fingerprint density at radius 2 is 1.69 bits per heavy atom. The molecule has 0 bridgehead atoms. The SMILES string of the molecule is CC(CCO)CCC(O)C(C)(C)O. The topological polar surface area (TPSA) is 60.7 Å². The molecule has 0 amide bonds. The Kier molecular flexibility index (Phi) is 5.53. The molecular weight excluding hydrogens is 168 g/mol. The number of rotatable bonds is 6. The minimum absolute atomic E-state index is 0.194. The Hall–Kier alpha value is -0.120. The molecule has 3 nitrogen and oxygen atoms in total. The summed E-state index contributed by atoms with van der Waals surface area (Å²) in [6, 6.07) is 0. The summed E-state index contributed by atoms with van der Waals surface area (Å²) in [7, 11) is 0. The fraction of sp³-hybridized carbons (Fsp3) is 1.00. The summed E-state index contributed by atoms with van der Waals surface area (Å²) in [5.41, 5.74) is -1.01. The summed E-state index contributed by atoms with van der Waals surface area (Å²) in [5, 5.41) is 27.6. The average molecular weight is 190 g/mol. The zero-order valence-electron chi connectivity index (χ0n) is 8.82. The predicted molar refractivity (Wildman–Crippen MR) is 52.4 cm³/mol. The van der Waals surface area contributed by atoms with Gasteiger partial charge in [0.05, 0.1) is 11.7 Å². The summed E-state index contributed by atoms with van der Waals surface area (Å²) in [6.45, 7) is 5.44. The lowest BCUT2D eigenvalue weighted by molar-refractivity contribution is -0.0536. The van der Waals surface area contributed by atoms with Crippen molar-refractivity contribution in [3.8, 4) is 0 Å². The fourth-order valence-corrected chi connectivity index (χ4v) is 1.16. The van der Waals surface area contributed by atoms with E-state index in [1.54, 1.807) is 13.8 Å². The Balaban J connectivity index is 3.63. The summed E-state index contributed by atoms with van der Waals surface area (Å²) in [5.74, 6) is 0.405. The van der Waals surface area contributed by atoms with E-state index >= 15 is 0 Å². The molecule has 0 aliphatic heterocycles. The summed E-state index contributed by atoms with van der Waals surface area (Å²) >= 11 is 0. The third kappa shape index (κ3) is 6.02. The van der Waals surface area contributed by atoms with Gasteiger partial charge in [-0.1, -0.05) is 6.92 Å². The monoisotopic (exact) mass is 190 g/mol. The van der Waals surface area contributed by atoms with E-state index < -0.39 is 11.7 Å². The summed E-state index contributed by atoms with van der Waals surface area (Å²) < 4.78 is 0. The molecule has 0 aromatic heterocycles. The van der Waals surface area contributed by atoms with Gasteiger partial charge in [0, 0.05) is 6.61 Å². The number of hydrogen-bond donors (Lipinski definition) is 3. The van der Waals surface area contributed by atoms with Crippen LogP contribution < -0.4 is 0 Å². The lowest BCUT2D eigenvalue weighted by Crippen LogP contribution is -2.35. The van der Waals surface area contributed by atoms with Gasteiger partial charge in [-0.25, -0.2) is 0 Å². The molecule has 0 fully saturated rings. The fourth-order valence-electron chi connectivity index (χ4n) is 1.16. The van der Waals surface area contributed by atoms with E-state index in [1.165, 1.54) is 0 Å². The van der Waals surface area contributed by atoms with Crippen LogP contribution in [-0.2, 0) is 0 Å². The van der Waals surface area contributed by atoms with Crippen LogP contribution in [0.3, 0.4) is 0 Å². The molecule has 0 radical (unpaired) electrons. The quantitative estimate of drug-likeness (QED) is 0.583. The van der Waals surface area contributed by atoms with E-state index in [0.29, 0.717) is 12.3 Å². The van der Waals surface area contributed by atoms with Crippen LogP contribution in [0.4, 0.5) is 0 Å². The molecule has 13 heavy (non-hydrogen) atoms. The summed E-state index contributed by atoms with van der Waals surface area (Å²) in [4.78, 5) is 0. The predicted octanol–water partition coefficient (Wildman–Crippen LogP) is 0.917. The molecule has 0 aromatic rings. The van der Waals surface area contributed by atoms with Crippen molar-refractivity contribution in [3.05, 3.63) is 0 Å². The highest BCUT2D eigenvalue weighted by molar-refractivity contribution is 4.76. The smallest absolute Gasteiger partial charge is 0.0849 e. The molecule has 2 atom stereocenters. The van der Waals surface area contributed by atoms with Crippen molar-refractivity contribution >= 4 is 0 Å². The maximum atomic E-state index is 9.49. The van der Waals surface area contributed by atoms with Gasteiger partial charge in [0.15, 0.2) is 0 Å². The van der Waals surface area contributed by atoms with Gasteiger partial charge in [-0.2, -0.15) is 0 Å². The molecular formula is C10H22O3. The molecule has 2 unspecified atom stereocenters. The van der Waals surface area contributed by atoms with Gasteiger partial charge in [-0.15, -0.1) is 0 Å². The van der Waals surface area contributed by atoms with Gasteiger partial charge in [-0.3, -0.25) is 0 Å². The molecule has 0 saturated carbocycles. The first-order chi connectivity index (χ1) is 5.88. The molecule has 0 heterocycles. The first kappa shape index (κ1) is 12.9. The molecule has 0 spiro atoms. The van der Waals surface area contributed by atoms with Gasteiger partial charge in [0.2, 0.25) is 0 Å². The molecule has 80 valence electrons. The van der Waals surface area contributed by atoms with Crippen molar-refractivity contribution in [3.63, 3.8) is 0 Å². The van der Waals surface area contributed by atoms with Crippen LogP contribution in [-0.4, -0.2) is 33.6 Å². The number of aliphatic hydroxyl groups excluding tert-OH is 2. The average Bonchev–Trinajstić information content (AvgIpc) is 1.99. The Bertz CT molecular complexity index is 129. The second kappa shape index (κ2) is 5.58. The number of hydrogen-bond acceptors (Lipinski definition) is 3. The molecule has 0 aliphatic carbocycles. The van der Waals surface area contributed by atoms with Gasteiger partial charge in [-0.05, 0) is 39.0 Å². The Morgan fingerprint density at radius 3 is 2.08 bits per heavy atom. The highest BCUT2D eigenvalue weighted by Gasteiger charge is 2.24. The highest BCUT2D eigenvalue weighted by Crippen LogP contribution is 2.18. The molecule has 0 rings (SSSR count). The van der Waals surface area contributed by atoms with Gasteiger partial charge >= 0.3 is 0 Å². The molecule has 3 N–H and O–H groups in total. The maximum absolute atomic E-state index is 9.49. The van der Waals surface area contributed by atoms with Gasteiger partial charge in [0.25, 0.3) is 0 Å². The number of aliphatic hydroxyl groups is 3. The molecule has 0 saturated heterocycles. The van der Waals surface area contributed by atoms with E-state index in [-0.39, 0.29) is 6.61 Å². The molecule has 3 heteroatoms. The second-order valence-corrected chi connectivity index (χ2v) is 4.36. The van der Waals surface area contributed by atoms with Crippen molar-refractivity contribution in [2.24, 2.45) is 5.92 Å². The van der Waals surface area contributed by atoms with Crippen LogP contribution in [0.25, 0.3) is 0 Å². The van der Waals surface area contributed by atoms with Gasteiger partial charge in [0.1, 0.15) is 0 Å². The van der Waals surface area contributed by atoms with Crippen LogP contribution in [0.15, 0.2) is 0 Å². The van der Waals surface area contributed by atoms with Crippen LogP contribution >= 0.6 is 0 Å². The van der Waals surface area contributed by atoms with Crippen LogP contribution in [0, 0.1) is 5.92 Å². The molecule has 0 aromatic carbocycles. The maximum Gasteiger partial charge on any atom is 0.0849 e. The minimum Gasteiger partial charge on any atom is -0.396 e. The van der Waals surface area contributed by atoms with E-state index in [4.69, 9.17) is 5.11 Å². The summed E-state index contributed by atoms with van der Waals surface area (Å²) in [6.07, 6.45) is 1.52. The van der Waals surface area contributed by atoms with Crippen molar-refractivity contribution in [1.82, 2.24) is 0 Å². The molecule has 0 aliphatic rings. The third-order valence-electron chi connectivity index (χ3n) is 2.37. The second-order valence-electron chi connectivity index (χ2n) is 4.36. The van der Waals surface area contributed by atoms with Crippen molar-refractivity contribution < 1.29 is 15.3 Å². The Morgan fingerprint density at radius 1 is 1.15 bits per heavy atom. The lowest BCUT2D eigenvalue weighted by atomic mass is 9.93. The van der Waals surface area contributed by atoms with E-state index in [1.807, 2.05) is 6.92 Å². The lowest BCUT2D eigenvalue weighted by Gasteiger charge is -2.25. The van der Waals surface area contributed by atoms with Crippen LogP contribution in [0.1, 0.15) is 40.0 Å². The first-order valence-corrected chi connectivity index (χ1v) is 4.89. The Labute approximate surface area is 80.4 Å². The van der Waals surface area contributed by atoms with E-state index in [0.717, 1.165) is 12.8 Å². The zero-order chi connectivity index (χ0) is 10.5. The highest BCUT2D eigenvalue weighted by atomic mass is 16.3. The van der Waals surface area contributed by atoms with Crippen LogP contribution in [0.5, 0.6) is 0 Å². The largest absolute Gasteiger partial charge is 0.396 e. The third-order valence-corrected chi connectivity index (χ3v) is 2.37. The van der Waals surface area contributed by atoms with Crippen LogP contribution in [0.2, 0.25) is 0 Å². The van der Waals surface area contributed by atoms with Crippen molar-refractivity contribution in [2.75, 3.05) is 6.61 Å². The van der Waals surface area contributed by atoms with Crippen molar-refractivity contribution in [2.45, 2.75) is 51.7 Å². The zero-order valence-corrected chi connectivity index (χ0v) is 8.82. The van der Waals surface area contributed by atoms with E-state index in [9.17, 15) is 10.2 Å². The van der Waals surface area contributed by atoms with Crippen molar-refractivity contribution in [1.29, 1.82) is 0 Å². The van der Waals surface area contributed by atoms with E-state index in [2.05, 4.69) is 0 Å². The first-order valence-electron chi connectivity index (χ1n) is 4.89. The van der Waals surface area contributed by atoms with Gasteiger partial charge < -0.3 is 15.3 Å². The standard InChI is InChI=1S/C10H22O3/c1-8(6-7-11)4-5-9(12)10(2,3)13/h8-9,11-13H,4-7H2,1-3H3. The normalized spacial score (nSPS) is 17.1.